The second-order valence-corrected chi connectivity index (χ2v) is 7.93. The Bertz CT molecular complexity index is 468. The molecule has 2 atom stereocenters. The van der Waals surface area contributed by atoms with E-state index in [1.807, 2.05) is 25.7 Å². The summed E-state index contributed by atoms with van der Waals surface area (Å²) in [6.45, 7) is 9.68. The highest BCUT2D eigenvalue weighted by atomic mass is 32.1. The summed E-state index contributed by atoms with van der Waals surface area (Å²) in [6.07, 6.45) is 2.97. The van der Waals surface area contributed by atoms with Crippen molar-refractivity contribution >= 4 is 17.4 Å². The number of ether oxygens (including phenoxy) is 1. The van der Waals surface area contributed by atoms with Crippen LogP contribution in [-0.2, 0) is 4.74 Å². The van der Waals surface area contributed by atoms with Crippen molar-refractivity contribution in [2.45, 2.75) is 64.6 Å². The largest absolute Gasteiger partial charge is 0.444 e. The summed E-state index contributed by atoms with van der Waals surface area (Å²) >= 11 is 1.78. The van der Waals surface area contributed by atoms with Gasteiger partial charge < -0.3 is 15.0 Å². The van der Waals surface area contributed by atoms with Crippen LogP contribution in [0.25, 0.3) is 0 Å². The minimum absolute atomic E-state index is 0.165. The molecule has 124 valence electrons. The first-order valence-electron chi connectivity index (χ1n) is 8.13. The van der Waals surface area contributed by atoms with Gasteiger partial charge in [-0.15, -0.1) is 11.3 Å². The summed E-state index contributed by atoms with van der Waals surface area (Å²) in [7, 11) is 0. The highest BCUT2D eigenvalue weighted by Crippen LogP contribution is 2.23. The van der Waals surface area contributed by atoms with E-state index in [0.29, 0.717) is 12.1 Å². The minimum Gasteiger partial charge on any atom is -0.444 e. The lowest BCUT2D eigenvalue weighted by Crippen LogP contribution is -2.41. The molecule has 1 N–H and O–H groups in total. The van der Waals surface area contributed by atoms with Crippen molar-refractivity contribution < 1.29 is 9.53 Å². The summed E-state index contributed by atoms with van der Waals surface area (Å²) in [5, 5.41) is 5.66. The Morgan fingerprint density at radius 3 is 2.95 bits per heavy atom. The van der Waals surface area contributed by atoms with Crippen molar-refractivity contribution in [1.82, 2.24) is 10.2 Å². The molecule has 1 aliphatic heterocycles. The van der Waals surface area contributed by atoms with E-state index in [9.17, 15) is 4.79 Å². The van der Waals surface area contributed by atoms with Crippen LogP contribution >= 0.6 is 11.3 Å². The number of amides is 1. The highest BCUT2D eigenvalue weighted by molar-refractivity contribution is 7.10. The van der Waals surface area contributed by atoms with E-state index >= 15 is 0 Å². The van der Waals surface area contributed by atoms with Crippen molar-refractivity contribution in [1.29, 1.82) is 0 Å². The number of nitrogens with zero attached hydrogens (tertiary/aromatic N) is 1. The number of thiophene rings is 1. The summed E-state index contributed by atoms with van der Waals surface area (Å²) in [5.41, 5.74) is -0.420. The Morgan fingerprint density at radius 2 is 2.32 bits per heavy atom. The summed E-state index contributed by atoms with van der Waals surface area (Å²) in [5.74, 6) is 0. The molecular formula is C17H28N2O2S. The average molecular weight is 324 g/mol. The van der Waals surface area contributed by atoms with E-state index in [-0.39, 0.29) is 6.09 Å². The molecule has 1 fully saturated rings. The van der Waals surface area contributed by atoms with Crippen molar-refractivity contribution in [3.05, 3.63) is 22.4 Å². The third kappa shape index (κ3) is 4.99. The van der Waals surface area contributed by atoms with Gasteiger partial charge in [0.1, 0.15) is 5.60 Å². The van der Waals surface area contributed by atoms with Gasteiger partial charge in [0, 0.05) is 23.5 Å². The fourth-order valence-corrected chi connectivity index (χ4v) is 3.56. The number of nitrogens with one attached hydrogen (secondary N) is 1. The van der Waals surface area contributed by atoms with Gasteiger partial charge in [-0.25, -0.2) is 4.79 Å². The summed E-state index contributed by atoms with van der Waals surface area (Å²) < 4.78 is 5.51. The normalized spacial score (nSPS) is 20.2. The molecule has 1 saturated heterocycles. The average Bonchev–Trinajstić information content (AvgIpc) is 3.08. The second-order valence-electron chi connectivity index (χ2n) is 6.95. The Labute approximate surface area is 137 Å². The topological polar surface area (TPSA) is 41.6 Å². The molecule has 1 aromatic rings. The first kappa shape index (κ1) is 17.3. The molecule has 4 nitrogen and oxygen atoms in total. The van der Waals surface area contributed by atoms with Crippen LogP contribution in [0.3, 0.4) is 0 Å². The van der Waals surface area contributed by atoms with Crippen molar-refractivity contribution in [3.63, 3.8) is 0 Å². The smallest absolute Gasteiger partial charge is 0.410 e. The quantitative estimate of drug-likeness (QED) is 0.883. The van der Waals surface area contributed by atoms with Gasteiger partial charge in [0.05, 0.1) is 0 Å². The molecular weight excluding hydrogens is 296 g/mol. The second kappa shape index (κ2) is 7.47. The van der Waals surface area contributed by atoms with Gasteiger partial charge in [0.2, 0.25) is 0 Å². The van der Waals surface area contributed by atoms with Gasteiger partial charge in [0.25, 0.3) is 0 Å². The number of carbonyl (C=O) groups is 1. The molecule has 0 radical (unpaired) electrons. The molecule has 0 spiro atoms. The first-order chi connectivity index (χ1) is 10.4. The van der Waals surface area contributed by atoms with Crippen molar-refractivity contribution in [2.24, 2.45) is 0 Å². The Morgan fingerprint density at radius 1 is 1.55 bits per heavy atom. The lowest BCUT2D eigenvalue weighted by Gasteiger charge is -2.29. The van der Waals surface area contributed by atoms with Crippen LogP contribution in [0.15, 0.2) is 17.5 Å². The SMILES string of the molecule is CC(NCCC1CCCN1C(=O)OC(C)(C)C)c1cccs1. The Kier molecular flexibility index (Phi) is 5.87. The number of rotatable bonds is 5. The van der Waals surface area contributed by atoms with Gasteiger partial charge >= 0.3 is 6.09 Å². The molecule has 1 aromatic heterocycles. The van der Waals surface area contributed by atoms with E-state index in [1.165, 1.54) is 4.88 Å². The summed E-state index contributed by atoms with van der Waals surface area (Å²) in [6, 6.07) is 4.92. The predicted octanol–water partition coefficient (Wildman–Crippen LogP) is 4.19. The van der Waals surface area contributed by atoms with Crippen LogP contribution in [-0.4, -0.2) is 35.7 Å². The lowest BCUT2D eigenvalue weighted by atomic mass is 10.1. The van der Waals surface area contributed by atoms with Crippen molar-refractivity contribution in [2.75, 3.05) is 13.1 Å². The van der Waals surface area contributed by atoms with Gasteiger partial charge in [-0.1, -0.05) is 6.07 Å². The van der Waals surface area contributed by atoms with E-state index in [4.69, 9.17) is 4.74 Å². The molecule has 0 aliphatic carbocycles. The molecule has 0 bridgehead atoms. The molecule has 22 heavy (non-hydrogen) atoms. The van der Waals surface area contributed by atoms with Crippen LogP contribution in [0.4, 0.5) is 4.79 Å². The van der Waals surface area contributed by atoms with Gasteiger partial charge in [-0.3, -0.25) is 0 Å². The number of carbonyl (C=O) groups excluding carboxylic acids is 1. The van der Waals surface area contributed by atoms with Gasteiger partial charge in [-0.05, 0) is 64.9 Å². The predicted molar refractivity (Wildman–Crippen MR) is 91.3 cm³/mol. The molecule has 0 saturated carbocycles. The maximum atomic E-state index is 12.2. The van der Waals surface area contributed by atoms with Crippen molar-refractivity contribution in [3.8, 4) is 0 Å². The van der Waals surface area contributed by atoms with Crippen LogP contribution in [0, 0.1) is 0 Å². The zero-order valence-corrected chi connectivity index (χ0v) is 14.9. The molecule has 0 aromatic carbocycles. The van der Waals surface area contributed by atoms with Gasteiger partial charge in [0.15, 0.2) is 0 Å². The molecule has 1 aliphatic rings. The summed E-state index contributed by atoms with van der Waals surface area (Å²) in [4.78, 5) is 15.5. The fourth-order valence-electron chi connectivity index (χ4n) is 2.80. The fraction of sp³-hybridized carbons (Fsp3) is 0.706. The zero-order valence-electron chi connectivity index (χ0n) is 14.1. The Hall–Kier alpha value is -1.07. The lowest BCUT2D eigenvalue weighted by molar-refractivity contribution is 0.0220. The monoisotopic (exact) mass is 324 g/mol. The standard InChI is InChI=1S/C17H28N2O2S/c1-13(15-8-6-12-22-15)18-10-9-14-7-5-11-19(14)16(20)21-17(2,3)4/h6,8,12-14,18H,5,7,9-11H2,1-4H3. The number of hydrogen-bond donors (Lipinski definition) is 1. The zero-order chi connectivity index (χ0) is 16.2. The van der Waals surface area contributed by atoms with E-state index in [1.54, 1.807) is 11.3 Å². The molecule has 2 unspecified atom stereocenters. The number of hydrogen-bond acceptors (Lipinski definition) is 4. The van der Waals surface area contributed by atoms with E-state index in [0.717, 1.165) is 32.4 Å². The molecule has 2 rings (SSSR count). The van der Waals surface area contributed by atoms with E-state index in [2.05, 4.69) is 29.8 Å². The molecule has 1 amide bonds. The van der Waals surface area contributed by atoms with Crippen LogP contribution in [0.1, 0.15) is 57.9 Å². The van der Waals surface area contributed by atoms with Crippen LogP contribution in [0.5, 0.6) is 0 Å². The molecule has 2 heterocycles. The maximum absolute atomic E-state index is 12.2. The highest BCUT2D eigenvalue weighted by Gasteiger charge is 2.31. The third-order valence-corrected chi connectivity index (χ3v) is 4.96. The van der Waals surface area contributed by atoms with Gasteiger partial charge in [-0.2, -0.15) is 0 Å². The Balaban J connectivity index is 1.78. The minimum atomic E-state index is -0.420. The third-order valence-electron chi connectivity index (χ3n) is 3.90. The maximum Gasteiger partial charge on any atom is 0.410 e. The number of likely N-dealkylation sites (tertiary alicyclic amines) is 1. The van der Waals surface area contributed by atoms with Crippen LogP contribution in [0.2, 0.25) is 0 Å². The van der Waals surface area contributed by atoms with E-state index < -0.39 is 5.60 Å². The van der Waals surface area contributed by atoms with Crippen LogP contribution < -0.4 is 5.32 Å². The first-order valence-corrected chi connectivity index (χ1v) is 9.01. The molecule has 5 heteroatoms.